The molecule has 0 aromatic carbocycles. The van der Waals surface area contributed by atoms with Crippen LogP contribution in [0.5, 0.6) is 0 Å². The lowest BCUT2D eigenvalue weighted by Gasteiger charge is -2.24. The molecule has 0 aromatic heterocycles. The van der Waals surface area contributed by atoms with Crippen molar-refractivity contribution in [1.29, 1.82) is 0 Å². The third-order valence-corrected chi connectivity index (χ3v) is 2.64. The fraction of sp³-hybridized carbons (Fsp3) is 0.909. The molecule has 4 nitrogen and oxygen atoms in total. The van der Waals surface area contributed by atoms with Gasteiger partial charge in [-0.15, -0.1) is 0 Å². The summed E-state index contributed by atoms with van der Waals surface area (Å²) in [7, 11) is 1.76. The van der Waals surface area contributed by atoms with Gasteiger partial charge in [-0.2, -0.15) is 0 Å². The van der Waals surface area contributed by atoms with E-state index in [1.54, 1.807) is 11.9 Å². The monoisotopic (exact) mass is 215 g/mol. The van der Waals surface area contributed by atoms with Gasteiger partial charge in [0, 0.05) is 20.2 Å². The van der Waals surface area contributed by atoms with E-state index < -0.39 is 0 Å². The van der Waals surface area contributed by atoms with Crippen LogP contribution < -0.4 is 0 Å². The minimum Gasteiger partial charge on any atom is -0.450 e. The molecule has 1 unspecified atom stereocenters. The second kappa shape index (κ2) is 6.67. The molecule has 88 valence electrons. The van der Waals surface area contributed by atoms with Gasteiger partial charge in [0.15, 0.2) is 0 Å². The first kappa shape index (κ1) is 12.3. The maximum atomic E-state index is 11.3. The standard InChI is InChI=1S/C11H21NO3/c1-3-14-11(13)12(2)8-7-10-6-4-5-9-15-10/h10H,3-9H2,1-2H3. The van der Waals surface area contributed by atoms with Crippen LogP contribution in [0, 0.1) is 0 Å². The van der Waals surface area contributed by atoms with Crippen molar-refractivity contribution in [2.45, 2.75) is 38.7 Å². The van der Waals surface area contributed by atoms with Gasteiger partial charge in [-0.05, 0) is 32.6 Å². The Balaban J connectivity index is 2.14. The molecule has 0 aromatic rings. The lowest BCUT2D eigenvalue weighted by molar-refractivity contribution is 0.00656. The van der Waals surface area contributed by atoms with E-state index in [0.29, 0.717) is 19.3 Å². The van der Waals surface area contributed by atoms with Crippen LogP contribution in [-0.2, 0) is 9.47 Å². The van der Waals surface area contributed by atoms with Gasteiger partial charge in [0.1, 0.15) is 0 Å². The summed E-state index contributed by atoms with van der Waals surface area (Å²) in [6, 6.07) is 0. The van der Waals surface area contributed by atoms with Gasteiger partial charge in [0.2, 0.25) is 0 Å². The second-order valence-electron chi connectivity index (χ2n) is 3.90. The third kappa shape index (κ3) is 4.51. The summed E-state index contributed by atoms with van der Waals surface area (Å²) >= 11 is 0. The smallest absolute Gasteiger partial charge is 0.409 e. The maximum absolute atomic E-state index is 11.3. The number of hydrogen-bond acceptors (Lipinski definition) is 3. The van der Waals surface area contributed by atoms with E-state index in [1.807, 2.05) is 6.92 Å². The molecule has 1 heterocycles. The molecule has 0 saturated carbocycles. The first-order valence-electron chi connectivity index (χ1n) is 5.73. The highest BCUT2D eigenvalue weighted by molar-refractivity contribution is 5.67. The molecule has 1 atom stereocenters. The van der Waals surface area contributed by atoms with Crippen molar-refractivity contribution in [3.05, 3.63) is 0 Å². The second-order valence-corrected chi connectivity index (χ2v) is 3.90. The highest BCUT2D eigenvalue weighted by atomic mass is 16.6. The summed E-state index contributed by atoms with van der Waals surface area (Å²) < 4.78 is 10.5. The molecule has 1 saturated heterocycles. The van der Waals surface area contributed by atoms with Crippen LogP contribution in [0.2, 0.25) is 0 Å². The molecule has 4 heteroatoms. The van der Waals surface area contributed by atoms with Crippen LogP contribution in [0.3, 0.4) is 0 Å². The Bertz CT molecular complexity index is 190. The predicted molar refractivity (Wildman–Crippen MR) is 57.9 cm³/mol. The maximum Gasteiger partial charge on any atom is 0.409 e. The normalized spacial score (nSPS) is 21.1. The Morgan fingerprint density at radius 2 is 2.33 bits per heavy atom. The van der Waals surface area contributed by atoms with Crippen LogP contribution in [0.15, 0.2) is 0 Å². The van der Waals surface area contributed by atoms with E-state index in [1.165, 1.54) is 12.8 Å². The molecule has 0 aliphatic carbocycles. The molecule has 1 fully saturated rings. The van der Waals surface area contributed by atoms with E-state index in [-0.39, 0.29) is 6.09 Å². The molecule has 0 spiro atoms. The van der Waals surface area contributed by atoms with Gasteiger partial charge in [-0.3, -0.25) is 0 Å². The number of ether oxygens (including phenoxy) is 2. The summed E-state index contributed by atoms with van der Waals surface area (Å²) in [5.41, 5.74) is 0. The van der Waals surface area contributed by atoms with Crippen LogP contribution >= 0.6 is 0 Å². The topological polar surface area (TPSA) is 38.8 Å². The largest absolute Gasteiger partial charge is 0.450 e. The van der Waals surface area contributed by atoms with Gasteiger partial charge in [-0.25, -0.2) is 4.79 Å². The average Bonchev–Trinajstić information content (AvgIpc) is 2.27. The van der Waals surface area contributed by atoms with E-state index in [4.69, 9.17) is 9.47 Å². The summed E-state index contributed by atoms with van der Waals surface area (Å²) in [6.07, 6.45) is 4.54. The molecule has 0 N–H and O–H groups in total. The minimum atomic E-state index is -0.242. The van der Waals surface area contributed by atoms with Gasteiger partial charge < -0.3 is 14.4 Å². The fourth-order valence-corrected chi connectivity index (χ4v) is 1.70. The van der Waals surface area contributed by atoms with Gasteiger partial charge >= 0.3 is 6.09 Å². The summed E-state index contributed by atoms with van der Waals surface area (Å²) in [6.45, 7) is 3.83. The van der Waals surface area contributed by atoms with Crippen molar-refractivity contribution < 1.29 is 14.3 Å². The Morgan fingerprint density at radius 1 is 1.53 bits per heavy atom. The number of rotatable bonds is 4. The summed E-state index contributed by atoms with van der Waals surface area (Å²) in [5.74, 6) is 0. The van der Waals surface area contributed by atoms with Crippen LogP contribution in [0.4, 0.5) is 4.79 Å². The molecule has 1 aliphatic heterocycles. The van der Waals surface area contributed by atoms with Crippen molar-refractivity contribution in [3.63, 3.8) is 0 Å². The Kier molecular flexibility index (Phi) is 5.47. The lowest BCUT2D eigenvalue weighted by Crippen LogP contribution is -2.31. The van der Waals surface area contributed by atoms with Crippen molar-refractivity contribution in [1.82, 2.24) is 4.90 Å². The Hall–Kier alpha value is -0.770. The van der Waals surface area contributed by atoms with E-state index in [9.17, 15) is 4.79 Å². The van der Waals surface area contributed by atoms with Crippen molar-refractivity contribution in [2.24, 2.45) is 0 Å². The zero-order valence-corrected chi connectivity index (χ0v) is 9.70. The van der Waals surface area contributed by atoms with Crippen LogP contribution in [-0.4, -0.2) is 43.9 Å². The Morgan fingerprint density at radius 3 is 2.93 bits per heavy atom. The summed E-state index contributed by atoms with van der Waals surface area (Å²) in [5, 5.41) is 0. The highest BCUT2D eigenvalue weighted by Gasteiger charge is 2.16. The van der Waals surface area contributed by atoms with E-state index in [0.717, 1.165) is 19.4 Å². The van der Waals surface area contributed by atoms with Crippen molar-refractivity contribution >= 4 is 6.09 Å². The first-order chi connectivity index (χ1) is 7.24. The molecule has 1 amide bonds. The van der Waals surface area contributed by atoms with E-state index >= 15 is 0 Å². The first-order valence-corrected chi connectivity index (χ1v) is 5.73. The van der Waals surface area contributed by atoms with Gasteiger partial charge in [0.25, 0.3) is 0 Å². The third-order valence-electron chi connectivity index (χ3n) is 2.64. The van der Waals surface area contributed by atoms with E-state index in [2.05, 4.69) is 0 Å². The zero-order chi connectivity index (χ0) is 11.1. The number of carbonyl (C=O) groups excluding carboxylic acids is 1. The highest BCUT2D eigenvalue weighted by Crippen LogP contribution is 2.15. The number of carbonyl (C=O) groups is 1. The summed E-state index contributed by atoms with van der Waals surface area (Å²) in [4.78, 5) is 12.9. The van der Waals surface area contributed by atoms with Crippen LogP contribution in [0.25, 0.3) is 0 Å². The molecule has 15 heavy (non-hydrogen) atoms. The Labute approximate surface area is 91.5 Å². The SMILES string of the molecule is CCOC(=O)N(C)CCC1CCCCO1. The quantitative estimate of drug-likeness (QED) is 0.720. The number of nitrogens with zero attached hydrogens (tertiary/aromatic N) is 1. The molecule has 0 radical (unpaired) electrons. The van der Waals surface area contributed by atoms with Gasteiger partial charge in [0.05, 0.1) is 12.7 Å². The van der Waals surface area contributed by atoms with Crippen LogP contribution in [0.1, 0.15) is 32.6 Å². The van der Waals surface area contributed by atoms with Gasteiger partial charge in [-0.1, -0.05) is 0 Å². The van der Waals surface area contributed by atoms with Crippen molar-refractivity contribution in [2.75, 3.05) is 26.8 Å². The van der Waals surface area contributed by atoms with Crippen molar-refractivity contribution in [3.8, 4) is 0 Å². The molecular formula is C11H21NO3. The predicted octanol–water partition coefficient (Wildman–Crippen LogP) is 2.03. The minimum absolute atomic E-state index is 0.242. The lowest BCUT2D eigenvalue weighted by atomic mass is 10.1. The molecule has 1 rings (SSSR count). The molecule has 0 bridgehead atoms. The fourth-order valence-electron chi connectivity index (χ4n) is 1.70. The molecular weight excluding hydrogens is 194 g/mol. The average molecular weight is 215 g/mol. The molecule has 1 aliphatic rings. The number of amides is 1. The zero-order valence-electron chi connectivity index (χ0n) is 9.70. The number of hydrogen-bond donors (Lipinski definition) is 0.